The van der Waals surface area contributed by atoms with Crippen molar-refractivity contribution in [1.82, 2.24) is 9.73 Å². The molecule has 0 spiro atoms. The number of carbonyl (C=O) groups excluding carboxylic acids is 1. The van der Waals surface area contributed by atoms with Crippen molar-refractivity contribution in [3.05, 3.63) is 59.1 Å². The first kappa shape index (κ1) is 21.3. The van der Waals surface area contributed by atoms with Gasteiger partial charge in [0.2, 0.25) is 10.0 Å². The van der Waals surface area contributed by atoms with E-state index in [1.54, 1.807) is 0 Å². The zero-order chi connectivity index (χ0) is 20.9. The van der Waals surface area contributed by atoms with E-state index < -0.39 is 22.0 Å². The van der Waals surface area contributed by atoms with Gasteiger partial charge < -0.3 is 4.74 Å². The molecule has 1 fully saturated rings. The molecule has 1 atom stereocenters. The molecule has 2 aromatic rings. The third kappa shape index (κ3) is 4.95. The van der Waals surface area contributed by atoms with Gasteiger partial charge in [-0.25, -0.2) is 13.8 Å². The first-order valence-corrected chi connectivity index (χ1v) is 11.1. The predicted molar refractivity (Wildman–Crippen MR) is 112 cm³/mol. The second kappa shape index (κ2) is 9.39. The van der Waals surface area contributed by atoms with Crippen molar-refractivity contribution < 1.29 is 17.9 Å². The second-order valence-corrected chi connectivity index (χ2v) is 8.76. The van der Waals surface area contributed by atoms with Crippen molar-refractivity contribution >= 4 is 33.7 Å². The number of benzene rings is 2. The van der Waals surface area contributed by atoms with Crippen molar-refractivity contribution in [2.24, 2.45) is 5.10 Å². The molecular weight excluding hydrogens is 414 g/mol. The molecule has 0 aliphatic carbocycles. The Bertz CT molecular complexity index is 993. The number of halogens is 1. The Labute approximate surface area is 175 Å². The van der Waals surface area contributed by atoms with Crippen molar-refractivity contribution in [3.63, 3.8) is 0 Å². The molecule has 1 saturated heterocycles. The van der Waals surface area contributed by atoms with E-state index in [1.165, 1.54) is 34.8 Å². The molecule has 1 N–H and O–H groups in total. The normalized spacial score (nSPS) is 17.5. The lowest BCUT2D eigenvalue weighted by Crippen LogP contribution is -2.44. The van der Waals surface area contributed by atoms with Crippen molar-refractivity contribution in [2.75, 3.05) is 13.2 Å². The number of hydrogen-bond acceptors (Lipinski definition) is 5. The van der Waals surface area contributed by atoms with Gasteiger partial charge in [0.25, 0.3) is 5.91 Å². The van der Waals surface area contributed by atoms with Crippen molar-refractivity contribution in [3.8, 4) is 5.75 Å². The fraction of sp³-hybridized carbons (Fsp3) is 0.300. The molecule has 0 radical (unpaired) electrons. The summed E-state index contributed by atoms with van der Waals surface area (Å²) in [5.41, 5.74) is 3.17. The number of ether oxygens (including phenoxy) is 1. The van der Waals surface area contributed by atoms with Gasteiger partial charge in [-0.15, -0.1) is 0 Å². The average Bonchev–Trinajstić information content (AvgIpc) is 3.21. The smallest absolute Gasteiger partial charge is 0.258 e. The van der Waals surface area contributed by atoms with Crippen LogP contribution in [0.15, 0.2) is 58.5 Å². The molecule has 9 heteroatoms. The van der Waals surface area contributed by atoms with E-state index in [9.17, 15) is 13.2 Å². The monoisotopic (exact) mass is 435 g/mol. The first-order valence-electron chi connectivity index (χ1n) is 9.25. The summed E-state index contributed by atoms with van der Waals surface area (Å²) < 4.78 is 32.6. The van der Waals surface area contributed by atoms with Gasteiger partial charge in [-0.1, -0.05) is 23.7 Å². The van der Waals surface area contributed by atoms with Crippen LogP contribution in [-0.2, 0) is 14.8 Å². The van der Waals surface area contributed by atoms with Gasteiger partial charge in [-0.05, 0) is 56.2 Å². The van der Waals surface area contributed by atoms with E-state index in [0.29, 0.717) is 35.8 Å². The van der Waals surface area contributed by atoms with Gasteiger partial charge in [-0.2, -0.15) is 9.41 Å². The van der Waals surface area contributed by atoms with Gasteiger partial charge in [0.1, 0.15) is 11.8 Å². The van der Waals surface area contributed by atoms with Gasteiger partial charge in [0.15, 0.2) is 0 Å². The molecule has 1 aliphatic rings. The van der Waals surface area contributed by atoms with Gasteiger partial charge in [0, 0.05) is 17.1 Å². The highest BCUT2D eigenvalue weighted by atomic mass is 35.5. The summed E-state index contributed by atoms with van der Waals surface area (Å²) in [5, 5.41) is 4.43. The molecule has 0 aromatic heterocycles. The van der Waals surface area contributed by atoms with Gasteiger partial charge in [0.05, 0.1) is 17.7 Å². The Balaban J connectivity index is 1.71. The molecule has 0 saturated carbocycles. The molecule has 1 amide bonds. The lowest BCUT2D eigenvalue weighted by atomic mass is 10.2. The van der Waals surface area contributed by atoms with Crippen molar-refractivity contribution in [1.29, 1.82) is 0 Å². The summed E-state index contributed by atoms with van der Waals surface area (Å²) in [4.78, 5) is 12.7. The summed E-state index contributed by atoms with van der Waals surface area (Å²) in [6.45, 7) is 2.67. The molecule has 154 valence electrons. The summed E-state index contributed by atoms with van der Waals surface area (Å²) >= 11 is 5.84. The predicted octanol–water partition coefficient (Wildman–Crippen LogP) is 3.04. The van der Waals surface area contributed by atoms with Crippen LogP contribution in [0.1, 0.15) is 25.3 Å². The number of nitrogens with one attached hydrogen (secondary N) is 1. The van der Waals surface area contributed by atoms with Gasteiger partial charge in [-0.3, -0.25) is 4.79 Å². The molecular formula is C20H22ClN3O4S. The molecule has 0 unspecified atom stereocenters. The minimum Gasteiger partial charge on any atom is -0.493 e. The lowest BCUT2D eigenvalue weighted by molar-refractivity contribution is -0.124. The maximum Gasteiger partial charge on any atom is 0.258 e. The highest BCUT2D eigenvalue weighted by Crippen LogP contribution is 2.27. The summed E-state index contributed by atoms with van der Waals surface area (Å²) in [7, 11) is -3.80. The van der Waals surface area contributed by atoms with E-state index >= 15 is 0 Å². The maximum absolute atomic E-state index is 12.9. The number of sulfonamides is 1. The fourth-order valence-electron chi connectivity index (χ4n) is 3.15. The lowest BCUT2D eigenvalue weighted by Gasteiger charge is -2.22. The molecule has 7 nitrogen and oxygen atoms in total. The van der Waals surface area contributed by atoms with Crippen LogP contribution < -0.4 is 10.2 Å². The largest absolute Gasteiger partial charge is 0.493 e. The Kier molecular flexibility index (Phi) is 6.89. The van der Waals surface area contributed by atoms with Crippen LogP contribution in [0, 0.1) is 0 Å². The maximum atomic E-state index is 12.9. The third-order valence-electron chi connectivity index (χ3n) is 4.52. The highest BCUT2D eigenvalue weighted by Gasteiger charge is 2.39. The number of para-hydroxylation sites is 1. The number of nitrogens with zero attached hydrogens (tertiary/aromatic N) is 2. The van der Waals surface area contributed by atoms with Crippen LogP contribution in [0.5, 0.6) is 5.75 Å². The Hall–Kier alpha value is -2.42. The molecule has 1 aliphatic heterocycles. The van der Waals surface area contributed by atoms with Crippen LogP contribution in [0.4, 0.5) is 0 Å². The zero-order valence-electron chi connectivity index (χ0n) is 15.9. The third-order valence-corrected chi connectivity index (χ3v) is 6.70. The average molecular weight is 436 g/mol. The topological polar surface area (TPSA) is 88.1 Å². The van der Waals surface area contributed by atoms with Crippen LogP contribution in [0.25, 0.3) is 0 Å². The molecule has 1 heterocycles. The molecule has 3 rings (SSSR count). The summed E-state index contributed by atoms with van der Waals surface area (Å²) in [6, 6.07) is 12.4. The number of amides is 1. The van der Waals surface area contributed by atoms with Gasteiger partial charge >= 0.3 is 0 Å². The minimum absolute atomic E-state index is 0.107. The zero-order valence-corrected chi connectivity index (χ0v) is 17.5. The number of hydrogen-bond donors (Lipinski definition) is 1. The quantitative estimate of drug-likeness (QED) is 0.534. The number of hydrazone groups is 1. The van der Waals surface area contributed by atoms with Crippen LogP contribution in [0.3, 0.4) is 0 Å². The molecule has 0 bridgehead atoms. The Morgan fingerprint density at radius 2 is 2.00 bits per heavy atom. The highest BCUT2D eigenvalue weighted by molar-refractivity contribution is 7.89. The summed E-state index contributed by atoms with van der Waals surface area (Å²) in [6.07, 6.45) is 2.52. The van der Waals surface area contributed by atoms with E-state index in [4.69, 9.17) is 16.3 Å². The van der Waals surface area contributed by atoms with Crippen molar-refractivity contribution in [2.45, 2.75) is 30.7 Å². The second-order valence-electron chi connectivity index (χ2n) is 6.43. The van der Waals surface area contributed by atoms with E-state index in [-0.39, 0.29) is 11.4 Å². The van der Waals surface area contributed by atoms with E-state index in [2.05, 4.69) is 10.5 Å². The van der Waals surface area contributed by atoms with Crippen LogP contribution in [0.2, 0.25) is 5.02 Å². The Morgan fingerprint density at radius 1 is 1.28 bits per heavy atom. The fourth-order valence-corrected chi connectivity index (χ4v) is 4.93. The number of carbonyl (C=O) groups is 1. The Morgan fingerprint density at radius 3 is 2.72 bits per heavy atom. The standard InChI is InChI=1S/C20H22ClN3O4S/c1-2-28-19-8-4-3-6-15(19)14-22-23-20(25)18-7-5-13-24(18)29(26,27)17-11-9-16(21)10-12-17/h3-4,6,8-12,14,18H,2,5,7,13H2,1H3,(H,23,25)/b22-14-/t18-/m1/s1. The first-order chi connectivity index (χ1) is 13.9. The minimum atomic E-state index is -3.80. The van der Waals surface area contributed by atoms with Crippen LogP contribution >= 0.6 is 11.6 Å². The SMILES string of the molecule is CCOc1ccccc1/C=N\NC(=O)[C@H]1CCCN1S(=O)(=O)c1ccc(Cl)cc1. The van der Waals surface area contributed by atoms with E-state index in [0.717, 1.165) is 0 Å². The summed E-state index contributed by atoms with van der Waals surface area (Å²) in [5.74, 6) is 0.186. The molecule has 2 aromatic carbocycles. The molecule has 29 heavy (non-hydrogen) atoms. The van der Waals surface area contributed by atoms with E-state index in [1.807, 2.05) is 31.2 Å². The number of rotatable bonds is 7. The van der Waals surface area contributed by atoms with Crippen LogP contribution in [-0.4, -0.2) is 44.0 Å².